The molecule has 0 radical (unpaired) electrons. The standard InChI is InChI=1S/C13H16O3/c1-14-10-7-6-9-8(12(10)15-2)4-3-5-11-13(9)16-11/h6-7,11,13H,3-5H2,1-2H3/t11-,13-/m0/s1. The number of hydrogen-bond donors (Lipinski definition) is 0. The summed E-state index contributed by atoms with van der Waals surface area (Å²) in [5, 5.41) is 0. The number of fused-ring (bicyclic) bond motifs is 3. The van der Waals surface area contributed by atoms with E-state index in [4.69, 9.17) is 14.2 Å². The van der Waals surface area contributed by atoms with Crippen molar-refractivity contribution in [2.24, 2.45) is 0 Å². The highest BCUT2D eigenvalue weighted by Crippen LogP contribution is 2.49. The van der Waals surface area contributed by atoms with Gasteiger partial charge in [0.1, 0.15) is 6.10 Å². The molecule has 16 heavy (non-hydrogen) atoms. The SMILES string of the molecule is COc1ccc2c(c1OC)CCC[C@@H]1O[C@@H]21. The van der Waals surface area contributed by atoms with Crippen LogP contribution in [-0.2, 0) is 11.2 Å². The molecule has 1 aromatic carbocycles. The van der Waals surface area contributed by atoms with Crippen LogP contribution in [-0.4, -0.2) is 20.3 Å². The smallest absolute Gasteiger partial charge is 0.164 e. The van der Waals surface area contributed by atoms with E-state index in [1.54, 1.807) is 14.2 Å². The average molecular weight is 220 g/mol. The molecule has 2 atom stereocenters. The van der Waals surface area contributed by atoms with E-state index in [1.807, 2.05) is 6.07 Å². The summed E-state index contributed by atoms with van der Waals surface area (Å²) in [5.74, 6) is 1.71. The third-order valence-electron chi connectivity index (χ3n) is 3.49. The maximum atomic E-state index is 5.66. The molecule has 0 spiro atoms. The lowest BCUT2D eigenvalue weighted by atomic mass is 10.0. The molecule has 1 aliphatic heterocycles. The number of epoxide rings is 1. The van der Waals surface area contributed by atoms with Crippen LogP contribution in [0.5, 0.6) is 11.5 Å². The molecule has 0 saturated carbocycles. The zero-order valence-electron chi connectivity index (χ0n) is 9.66. The van der Waals surface area contributed by atoms with Crippen LogP contribution in [0.15, 0.2) is 12.1 Å². The number of rotatable bonds is 2. The zero-order valence-corrected chi connectivity index (χ0v) is 9.66. The van der Waals surface area contributed by atoms with Gasteiger partial charge in [0.05, 0.1) is 20.3 Å². The molecule has 86 valence electrons. The second-order valence-electron chi connectivity index (χ2n) is 4.36. The molecule has 1 aromatic rings. The van der Waals surface area contributed by atoms with Gasteiger partial charge in [-0.1, -0.05) is 6.07 Å². The van der Waals surface area contributed by atoms with E-state index in [9.17, 15) is 0 Å². The van der Waals surface area contributed by atoms with Crippen molar-refractivity contribution in [1.29, 1.82) is 0 Å². The van der Waals surface area contributed by atoms with Gasteiger partial charge in [-0.2, -0.15) is 0 Å². The second kappa shape index (κ2) is 3.67. The molecule has 0 amide bonds. The lowest BCUT2D eigenvalue weighted by Crippen LogP contribution is -1.99. The Morgan fingerprint density at radius 1 is 1.25 bits per heavy atom. The van der Waals surface area contributed by atoms with Gasteiger partial charge < -0.3 is 14.2 Å². The molecule has 1 heterocycles. The third-order valence-corrected chi connectivity index (χ3v) is 3.49. The molecule has 1 fully saturated rings. The van der Waals surface area contributed by atoms with E-state index < -0.39 is 0 Å². The Labute approximate surface area is 95.3 Å². The Morgan fingerprint density at radius 2 is 2.12 bits per heavy atom. The molecule has 3 heteroatoms. The van der Waals surface area contributed by atoms with E-state index in [1.165, 1.54) is 11.1 Å². The van der Waals surface area contributed by atoms with E-state index in [-0.39, 0.29) is 0 Å². The Kier molecular flexibility index (Phi) is 2.28. The van der Waals surface area contributed by atoms with Crippen molar-refractivity contribution in [2.45, 2.75) is 31.5 Å². The fraction of sp³-hybridized carbons (Fsp3) is 0.538. The van der Waals surface area contributed by atoms with E-state index in [0.717, 1.165) is 30.8 Å². The summed E-state index contributed by atoms with van der Waals surface area (Å²) in [7, 11) is 3.38. The lowest BCUT2D eigenvalue weighted by Gasteiger charge is -2.15. The van der Waals surface area contributed by atoms with Crippen molar-refractivity contribution in [3.8, 4) is 11.5 Å². The molecule has 0 bridgehead atoms. The Hall–Kier alpha value is -1.22. The minimum Gasteiger partial charge on any atom is -0.493 e. The van der Waals surface area contributed by atoms with Crippen LogP contribution < -0.4 is 9.47 Å². The van der Waals surface area contributed by atoms with Crippen LogP contribution in [0.1, 0.15) is 30.1 Å². The summed E-state index contributed by atoms with van der Waals surface area (Å²) in [5.41, 5.74) is 2.56. The predicted molar refractivity (Wildman–Crippen MR) is 60.1 cm³/mol. The molecule has 1 saturated heterocycles. The molecule has 0 unspecified atom stereocenters. The van der Waals surface area contributed by atoms with Crippen LogP contribution in [0.3, 0.4) is 0 Å². The Bertz CT molecular complexity index is 414. The third kappa shape index (κ3) is 1.39. The van der Waals surface area contributed by atoms with Gasteiger partial charge >= 0.3 is 0 Å². The van der Waals surface area contributed by atoms with Crippen LogP contribution in [0.2, 0.25) is 0 Å². The van der Waals surface area contributed by atoms with Crippen molar-refractivity contribution >= 4 is 0 Å². The van der Waals surface area contributed by atoms with Gasteiger partial charge in [0.25, 0.3) is 0 Å². The highest BCUT2D eigenvalue weighted by atomic mass is 16.6. The molecule has 1 aliphatic carbocycles. The van der Waals surface area contributed by atoms with Gasteiger partial charge in [0.2, 0.25) is 0 Å². The average Bonchev–Trinajstić information content (AvgIpc) is 3.06. The Morgan fingerprint density at radius 3 is 2.88 bits per heavy atom. The molecule has 0 N–H and O–H groups in total. The summed E-state index contributed by atoms with van der Waals surface area (Å²) in [6.07, 6.45) is 4.13. The monoisotopic (exact) mass is 220 g/mol. The van der Waals surface area contributed by atoms with Crippen molar-refractivity contribution in [1.82, 2.24) is 0 Å². The summed E-state index contributed by atoms with van der Waals surface area (Å²) in [4.78, 5) is 0. The minimum atomic E-state index is 0.303. The zero-order chi connectivity index (χ0) is 11.1. The second-order valence-corrected chi connectivity index (χ2v) is 4.36. The number of hydrogen-bond acceptors (Lipinski definition) is 3. The fourth-order valence-electron chi connectivity index (χ4n) is 2.65. The van der Waals surface area contributed by atoms with E-state index in [0.29, 0.717) is 12.2 Å². The van der Waals surface area contributed by atoms with Gasteiger partial charge in [-0.15, -0.1) is 0 Å². The van der Waals surface area contributed by atoms with Crippen LogP contribution in [0.25, 0.3) is 0 Å². The Balaban J connectivity index is 2.11. The maximum absolute atomic E-state index is 5.66. The normalized spacial score (nSPS) is 26.4. The topological polar surface area (TPSA) is 31.0 Å². The molecule has 3 rings (SSSR count). The molecule has 0 aromatic heterocycles. The van der Waals surface area contributed by atoms with Gasteiger partial charge in [-0.3, -0.25) is 0 Å². The lowest BCUT2D eigenvalue weighted by molar-refractivity contribution is 0.340. The molecule has 3 nitrogen and oxygen atoms in total. The summed E-state index contributed by atoms with van der Waals surface area (Å²) in [6, 6.07) is 4.09. The van der Waals surface area contributed by atoms with Crippen molar-refractivity contribution < 1.29 is 14.2 Å². The van der Waals surface area contributed by atoms with E-state index in [2.05, 4.69) is 6.07 Å². The van der Waals surface area contributed by atoms with E-state index >= 15 is 0 Å². The van der Waals surface area contributed by atoms with Crippen LogP contribution >= 0.6 is 0 Å². The minimum absolute atomic E-state index is 0.303. The molecular formula is C13H16O3. The number of methoxy groups -OCH3 is 2. The maximum Gasteiger partial charge on any atom is 0.164 e. The summed E-state index contributed by atoms with van der Waals surface area (Å²) >= 11 is 0. The first-order valence-corrected chi connectivity index (χ1v) is 5.74. The number of benzene rings is 1. The van der Waals surface area contributed by atoms with Gasteiger partial charge in [0, 0.05) is 5.56 Å². The highest BCUT2D eigenvalue weighted by molar-refractivity contribution is 5.53. The summed E-state index contributed by atoms with van der Waals surface area (Å²) in [6.45, 7) is 0. The largest absolute Gasteiger partial charge is 0.493 e. The first kappa shape index (κ1) is 9.97. The first-order valence-electron chi connectivity index (χ1n) is 5.74. The molecule has 2 aliphatic rings. The predicted octanol–water partition coefficient (Wildman–Crippen LogP) is 2.48. The van der Waals surface area contributed by atoms with Gasteiger partial charge in [-0.25, -0.2) is 0 Å². The molecular weight excluding hydrogens is 204 g/mol. The summed E-state index contributed by atoms with van der Waals surface area (Å²) < 4.78 is 16.5. The van der Waals surface area contributed by atoms with Crippen molar-refractivity contribution in [3.05, 3.63) is 23.3 Å². The van der Waals surface area contributed by atoms with Gasteiger partial charge in [-0.05, 0) is 30.9 Å². The number of ether oxygens (including phenoxy) is 3. The van der Waals surface area contributed by atoms with Gasteiger partial charge in [0.15, 0.2) is 11.5 Å². The fourth-order valence-corrected chi connectivity index (χ4v) is 2.65. The van der Waals surface area contributed by atoms with Crippen LogP contribution in [0, 0.1) is 0 Å². The van der Waals surface area contributed by atoms with Crippen LogP contribution in [0.4, 0.5) is 0 Å². The highest BCUT2D eigenvalue weighted by Gasteiger charge is 2.43. The van der Waals surface area contributed by atoms with Crippen molar-refractivity contribution in [2.75, 3.05) is 14.2 Å². The quantitative estimate of drug-likeness (QED) is 0.717. The first-order chi connectivity index (χ1) is 7.85. The van der Waals surface area contributed by atoms with Crippen molar-refractivity contribution in [3.63, 3.8) is 0 Å².